The highest BCUT2D eigenvalue weighted by Crippen LogP contribution is 2.30. The van der Waals surface area contributed by atoms with Crippen LogP contribution >= 0.6 is 15.9 Å². The van der Waals surface area contributed by atoms with Crippen LogP contribution in [0.4, 0.5) is 5.69 Å². The van der Waals surface area contributed by atoms with E-state index in [1.54, 1.807) is 0 Å². The third-order valence-electron chi connectivity index (χ3n) is 4.14. The van der Waals surface area contributed by atoms with Crippen LogP contribution in [0, 0.1) is 5.92 Å². The van der Waals surface area contributed by atoms with E-state index in [-0.39, 0.29) is 0 Å². The third-order valence-corrected chi connectivity index (χ3v) is 4.78. The number of hydrogen-bond donors (Lipinski definition) is 1. The van der Waals surface area contributed by atoms with Crippen LogP contribution in [-0.2, 0) is 6.54 Å². The Labute approximate surface area is 132 Å². The first-order valence-electron chi connectivity index (χ1n) is 7.79. The zero-order valence-electron chi connectivity index (χ0n) is 13.0. The molecule has 0 aromatic heterocycles. The molecule has 112 valence electrons. The molecule has 0 bridgehead atoms. The van der Waals surface area contributed by atoms with Crippen LogP contribution in [0.1, 0.15) is 45.1 Å². The van der Waals surface area contributed by atoms with E-state index in [1.165, 1.54) is 48.0 Å². The fourth-order valence-electron chi connectivity index (χ4n) is 2.97. The number of anilines is 1. The first-order chi connectivity index (χ1) is 9.56. The second-order valence-corrected chi connectivity index (χ2v) is 7.21. The standard InChI is InChI=1S/C17H27BrN2/c1-13(2)19-11-15-8-9-17(16(18)10-15)20(3)12-14-6-4-5-7-14/h8-10,13-14,19H,4-7,11-12H2,1-3H3. The van der Waals surface area contributed by atoms with Crippen LogP contribution in [0.5, 0.6) is 0 Å². The van der Waals surface area contributed by atoms with Crippen LogP contribution in [0.15, 0.2) is 22.7 Å². The summed E-state index contributed by atoms with van der Waals surface area (Å²) >= 11 is 3.73. The molecule has 2 rings (SSSR count). The quantitative estimate of drug-likeness (QED) is 0.816. The van der Waals surface area contributed by atoms with Crippen molar-refractivity contribution in [3.63, 3.8) is 0 Å². The van der Waals surface area contributed by atoms with Gasteiger partial charge in [-0.25, -0.2) is 0 Å². The topological polar surface area (TPSA) is 15.3 Å². The van der Waals surface area contributed by atoms with Gasteiger partial charge in [0.2, 0.25) is 0 Å². The van der Waals surface area contributed by atoms with Gasteiger partial charge >= 0.3 is 0 Å². The minimum absolute atomic E-state index is 0.526. The molecule has 20 heavy (non-hydrogen) atoms. The Kier molecular flexibility index (Phi) is 5.91. The van der Waals surface area contributed by atoms with E-state index >= 15 is 0 Å². The van der Waals surface area contributed by atoms with E-state index in [1.807, 2.05) is 0 Å². The van der Waals surface area contributed by atoms with Crippen molar-refractivity contribution in [2.24, 2.45) is 5.92 Å². The monoisotopic (exact) mass is 338 g/mol. The Morgan fingerprint density at radius 2 is 2.00 bits per heavy atom. The van der Waals surface area contributed by atoms with Crippen molar-refractivity contribution in [3.8, 4) is 0 Å². The molecule has 1 saturated carbocycles. The molecule has 0 saturated heterocycles. The number of hydrogen-bond acceptors (Lipinski definition) is 2. The Morgan fingerprint density at radius 3 is 2.60 bits per heavy atom. The number of nitrogens with one attached hydrogen (secondary N) is 1. The van der Waals surface area contributed by atoms with Crippen LogP contribution in [0.25, 0.3) is 0 Å². The lowest BCUT2D eigenvalue weighted by molar-refractivity contribution is 0.546. The Balaban J connectivity index is 1.97. The molecule has 1 aromatic carbocycles. The van der Waals surface area contributed by atoms with Crippen LogP contribution < -0.4 is 10.2 Å². The fraction of sp³-hybridized carbons (Fsp3) is 0.647. The smallest absolute Gasteiger partial charge is 0.0508 e. The van der Waals surface area contributed by atoms with Crippen LogP contribution in [0.2, 0.25) is 0 Å². The summed E-state index contributed by atoms with van der Waals surface area (Å²) < 4.78 is 1.21. The first kappa shape index (κ1) is 15.8. The summed E-state index contributed by atoms with van der Waals surface area (Å²) in [6, 6.07) is 7.26. The van der Waals surface area contributed by atoms with E-state index in [0.717, 1.165) is 12.5 Å². The lowest BCUT2D eigenvalue weighted by Gasteiger charge is -2.24. The largest absolute Gasteiger partial charge is 0.373 e. The molecular weight excluding hydrogens is 312 g/mol. The summed E-state index contributed by atoms with van der Waals surface area (Å²) in [6.07, 6.45) is 5.63. The molecule has 1 aliphatic rings. The molecule has 0 amide bonds. The van der Waals surface area contributed by atoms with E-state index in [9.17, 15) is 0 Å². The summed E-state index contributed by atoms with van der Waals surface area (Å²) in [5, 5.41) is 3.46. The maximum Gasteiger partial charge on any atom is 0.0508 e. The van der Waals surface area contributed by atoms with E-state index in [0.29, 0.717) is 6.04 Å². The fourth-order valence-corrected chi connectivity index (χ4v) is 3.70. The van der Waals surface area contributed by atoms with Gasteiger partial charge in [-0.05, 0) is 52.4 Å². The molecule has 1 N–H and O–H groups in total. The molecule has 0 unspecified atom stereocenters. The van der Waals surface area contributed by atoms with E-state index < -0.39 is 0 Å². The predicted molar refractivity (Wildman–Crippen MR) is 91.3 cm³/mol. The van der Waals surface area contributed by atoms with E-state index in [4.69, 9.17) is 0 Å². The maximum atomic E-state index is 3.73. The van der Waals surface area contributed by atoms with Crippen molar-refractivity contribution < 1.29 is 0 Å². The number of halogens is 1. The van der Waals surface area contributed by atoms with Crippen molar-refractivity contribution >= 4 is 21.6 Å². The van der Waals surface area contributed by atoms with E-state index in [2.05, 4.69) is 65.2 Å². The lowest BCUT2D eigenvalue weighted by atomic mass is 10.1. The lowest BCUT2D eigenvalue weighted by Crippen LogP contribution is -2.24. The number of benzene rings is 1. The molecule has 0 spiro atoms. The SMILES string of the molecule is CC(C)NCc1ccc(N(C)CC2CCCC2)c(Br)c1. The van der Waals surface area contributed by atoms with Gasteiger partial charge in [0.15, 0.2) is 0 Å². The molecule has 1 aliphatic carbocycles. The average Bonchev–Trinajstić information content (AvgIpc) is 2.89. The minimum Gasteiger partial charge on any atom is -0.373 e. The summed E-state index contributed by atoms with van der Waals surface area (Å²) in [6.45, 7) is 6.47. The summed E-state index contributed by atoms with van der Waals surface area (Å²) in [5.41, 5.74) is 2.65. The molecule has 2 nitrogen and oxygen atoms in total. The summed E-state index contributed by atoms with van der Waals surface area (Å²) in [4.78, 5) is 2.40. The molecular formula is C17H27BrN2. The normalized spacial score (nSPS) is 16.1. The van der Waals surface area contributed by atoms with Gasteiger partial charge < -0.3 is 10.2 Å². The Hall–Kier alpha value is -0.540. The Morgan fingerprint density at radius 1 is 1.30 bits per heavy atom. The zero-order valence-corrected chi connectivity index (χ0v) is 14.5. The molecule has 0 aliphatic heterocycles. The Bertz CT molecular complexity index is 425. The van der Waals surface area contributed by atoms with Gasteiger partial charge in [-0.3, -0.25) is 0 Å². The minimum atomic E-state index is 0.526. The predicted octanol–water partition coefficient (Wildman–Crippen LogP) is 4.57. The highest BCUT2D eigenvalue weighted by atomic mass is 79.9. The summed E-state index contributed by atoms with van der Waals surface area (Å²) in [7, 11) is 2.21. The van der Waals surface area contributed by atoms with Gasteiger partial charge in [0, 0.05) is 30.7 Å². The average molecular weight is 339 g/mol. The van der Waals surface area contributed by atoms with Gasteiger partial charge in [0.25, 0.3) is 0 Å². The maximum absolute atomic E-state index is 3.73. The third kappa shape index (κ3) is 4.49. The van der Waals surface area contributed by atoms with Gasteiger partial charge in [0.1, 0.15) is 0 Å². The first-order valence-corrected chi connectivity index (χ1v) is 8.58. The van der Waals surface area contributed by atoms with Crippen molar-refractivity contribution in [2.45, 2.75) is 52.1 Å². The molecule has 3 heteroatoms. The number of rotatable bonds is 6. The molecule has 1 aromatic rings. The van der Waals surface area contributed by atoms with Gasteiger partial charge in [0.05, 0.1) is 5.69 Å². The van der Waals surface area contributed by atoms with Crippen LogP contribution in [-0.4, -0.2) is 19.6 Å². The second-order valence-electron chi connectivity index (χ2n) is 6.35. The summed E-state index contributed by atoms with van der Waals surface area (Å²) in [5.74, 6) is 0.884. The van der Waals surface area contributed by atoms with Crippen molar-refractivity contribution in [3.05, 3.63) is 28.2 Å². The van der Waals surface area contributed by atoms with Gasteiger partial charge in [-0.2, -0.15) is 0 Å². The highest BCUT2D eigenvalue weighted by molar-refractivity contribution is 9.10. The van der Waals surface area contributed by atoms with Gasteiger partial charge in [-0.15, -0.1) is 0 Å². The molecule has 0 atom stereocenters. The highest BCUT2D eigenvalue weighted by Gasteiger charge is 2.18. The van der Waals surface area contributed by atoms with Crippen molar-refractivity contribution in [1.29, 1.82) is 0 Å². The van der Waals surface area contributed by atoms with Crippen LogP contribution in [0.3, 0.4) is 0 Å². The number of nitrogens with zero attached hydrogens (tertiary/aromatic N) is 1. The van der Waals surface area contributed by atoms with Crippen molar-refractivity contribution in [1.82, 2.24) is 5.32 Å². The molecule has 0 radical (unpaired) electrons. The van der Waals surface area contributed by atoms with Crippen molar-refractivity contribution in [2.75, 3.05) is 18.5 Å². The van der Waals surface area contributed by atoms with Gasteiger partial charge in [-0.1, -0.05) is 32.8 Å². The molecule has 1 fully saturated rings. The zero-order chi connectivity index (χ0) is 14.5. The molecule has 0 heterocycles. The second kappa shape index (κ2) is 7.46.